The van der Waals surface area contributed by atoms with Gasteiger partial charge in [0.1, 0.15) is 6.23 Å². The monoisotopic (exact) mass is 159 g/mol. The summed E-state index contributed by atoms with van der Waals surface area (Å²) in [5.74, 6) is 0. The number of nitrogens with zero attached hydrogens (tertiary/aromatic N) is 1. The first-order chi connectivity index (χ1) is 5.24. The third kappa shape index (κ3) is 2.43. The van der Waals surface area contributed by atoms with Crippen molar-refractivity contribution in [1.29, 1.82) is 0 Å². The van der Waals surface area contributed by atoms with Crippen molar-refractivity contribution in [3.05, 3.63) is 0 Å². The topological polar surface area (TPSA) is 32.7 Å². The Kier molecular flexibility index (Phi) is 3.30. The maximum absolute atomic E-state index is 8.67. The summed E-state index contributed by atoms with van der Waals surface area (Å²) in [6, 6.07) is 0. The van der Waals surface area contributed by atoms with E-state index in [9.17, 15) is 0 Å². The first-order valence-electron chi connectivity index (χ1n) is 4.20. The highest BCUT2D eigenvalue weighted by molar-refractivity contribution is 4.69. The van der Waals surface area contributed by atoms with Gasteiger partial charge >= 0.3 is 0 Å². The Morgan fingerprint density at radius 2 is 2.27 bits per heavy atom. The largest absolute Gasteiger partial charge is 0.395 e. The van der Waals surface area contributed by atoms with Gasteiger partial charge in [-0.15, -0.1) is 0 Å². The lowest BCUT2D eigenvalue weighted by molar-refractivity contribution is -0.0411. The maximum Gasteiger partial charge on any atom is 0.110 e. The zero-order chi connectivity index (χ0) is 8.27. The third-order valence-electron chi connectivity index (χ3n) is 2.15. The minimum absolute atomic E-state index is 0.213. The number of hydrogen-bond donors (Lipinski definition) is 1. The molecule has 1 fully saturated rings. The highest BCUT2D eigenvalue weighted by Gasteiger charge is 2.24. The van der Waals surface area contributed by atoms with Crippen molar-refractivity contribution in [3.8, 4) is 0 Å². The molecule has 0 amide bonds. The van der Waals surface area contributed by atoms with Crippen LogP contribution in [0.5, 0.6) is 0 Å². The highest BCUT2D eigenvalue weighted by atomic mass is 16.5. The van der Waals surface area contributed by atoms with E-state index in [0.717, 1.165) is 12.8 Å². The van der Waals surface area contributed by atoms with Crippen molar-refractivity contribution in [2.24, 2.45) is 0 Å². The predicted octanol–water partition coefficient (Wildman–Crippen LogP) is 0.435. The van der Waals surface area contributed by atoms with E-state index in [-0.39, 0.29) is 12.8 Å². The van der Waals surface area contributed by atoms with Gasteiger partial charge in [0, 0.05) is 6.54 Å². The number of ether oxygens (including phenoxy) is 1. The fraction of sp³-hybridized carbons (Fsp3) is 1.00. The minimum Gasteiger partial charge on any atom is -0.395 e. The molecule has 2 unspecified atom stereocenters. The van der Waals surface area contributed by atoms with E-state index >= 15 is 0 Å². The summed E-state index contributed by atoms with van der Waals surface area (Å²) in [7, 11) is 1.99. The van der Waals surface area contributed by atoms with Gasteiger partial charge in [-0.05, 0) is 26.8 Å². The van der Waals surface area contributed by atoms with E-state index in [1.807, 2.05) is 7.05 Å². The molecule has 0 spiro atoms. The van der Waals surface area contributed by atoms with E-state index in [1.54, 1.807) is 0 Å². The minimum atomic E-state index is 0.213. The number of rotatable bonds is 3. The second-order valence-corrected chi connectivity index (χ2v) is 3.18. The first kappa shape index (κ1) is 8.97. The molecular formula is C8H17NO2. The second-order valence-electron chi connectivity index (χ2n) is 3.18. The molecule has 1 aliphatic rings. The van der Waals surface area contributed by atoms with Gasteiger partial charge in [-0.1, -0.05) is 0 Å². The first-order valence-corrected chi connectivity index (χ1v) is 4.20. The summed E-state index contributed by atoms with van der Waals surface area (Å²) < 4.78 is 5.59. The van der Waals surface area contributed by atoms with Crippen LogP contribution in [-0.2, 0) is 4.74 Å². The van der Waals surface area contributed by atoms with E-state index < -0.39 is 0 Å². The van der Waals surface area contributed by atoms with Crippen LogP contribution in [0, 0.1) is 0 Å². The molecule has 3 nitrogen and oxygen atoms in total. The lowest BCUT2D eigenvalue weighted by Gasteiger charge is -2.22. The van der Waals surface area contributed by atoms with Crippen LogP contribution in [0.1, 0.15) is 19.8 Å². The fourth-order valence-electron chi connectivity index (χ4n) is 1.41. The molecule has 1 rings (SSSR count). The molecule has 0 aromatic heterocycles. The van der Waals surface area contributed by atoms with Gasteiger partial charge in [0.2, 0.25) is 0 Å². The summed E-state index contributed by atoms with van der Waals surface area (Å²) >= 11 is 0. The summed E-state index contributed by atoms with van der Waals surface area (Å²) in [5.41, 5.74) is 0. The van der Waals surface area contributed by atoms with Gasteiger partial charge < -0.3 is 9.84 Å². The van der Waals surface area contributed by atoms with Crippen LogP contribution in [0.2, 0.25) is 0 Å². The highest BCUT2D eigenvalue weighted by Crippen LogP contribution is 2.20. The summed E-state index contributed by atoms with van der Waals surface area (Å²) in [5, 5.41) is 8.67. The second kappa shape index (κ2) is 4.04. The molecule has 66 valence electrons. The normalized spacial score (nSPS) is 31.6. The van der Waals surface area contributed by atoms with Gasteiger partial charge in [0.05, 0.1) is 12.7 Å². The summed E-state index contributed by atoms with van der Waals surface area (Å²) in [6.45, 7) is 3.01. The summed E-state index contributed by atoms with van der Waals surface area (Å²) in [4.78, 5) is 2.06. The Morgan fingerprint density at radius 1 is 1.55 bits per heavy atom. The fourth-order valence-corrected chi connectivity index (χ4v) is 1.41. The van der Waals surface area contributed by atoms with Crippen LogP contribution in [0.3, 0.4) is 0 Å². The molecule has 0 radical (unpaired) electrons. The van der Waals surface area contributed by atoms with Crippen molar-refractivity contribution < 1.29 is 9.84 Å². The number of aliphatic hydroxyl groups excluding tert-OH is 1. The smallest absolute Gasteiger partial charge is 0.110 e. The number of aliphatic hydroxyl groups is 1. The quantitative estimate of drug-likeness (QED) is 0.648. The molecule has 11 heavy (non-hydrogen) atoms. The predicted molar refractivity (Wildman–Crippen MR) is 43.3 cm³/mol. The number of hydrogen-bond acceptors (Lipinski definition) is 3. The molecule has 1 aliphatic heterocycles. The Bertz CT molecular complexity index is 119. The van der Waals surface area contributed by atoms with Crippen molar-refractivity contribution in [2.45, 2.75) is 32.1 Å². The molecular weight excluding hydrogens is 142 g/mol. The molecule has 0 aromatic carbocycles. The molecule has 0 bridgehead atoms. The van der Waals surface area contributed by atoms with Crippen molar-refractivity contribution in [3.63, 3.8) is 0 Å². The van der Waals surface area contributed by atoms with Crippen molar-refractivity contribution in [1.82, 2.24) is 4.90 Å². The van der Waals surface area contributed by atoms with Gasteiger partial charge in [-0.25, -0.2) is 0 Å². The molecule has 1 heterocycles. The van der Waals surface area contributed by atoms with E-state index in [2.05, 4.69) is 11.8 Å². The van der Waals surface area contributed by atoms with Crippen LogP contribution < -0.4 is 0 Å². The maximum atomic E-state index is 8.67. The zero-order valence-corrected chi connectivity index (χ0v) is 7.29. The van der Waals surface area contributed by atoms with E-state index in [1.165, 1.54) is 0 Å². The Hall–Kier alpha value is -0.120. The Balaban J connectivity index is 2.25. The van der Waals surface area contributed by atoms with Crippen LogP contribution in [0.25, 0.3) is 0 Å². The SMILES string of the molecule is CC1CCC(N(C)CCO)O1. The van der Waals surface area contributed by atoms with Gasteiger partial charge in [-0.3, -0.25) is 4.90 Å². The van der Waals surface area contributed by atoms with E-state index in [0.29, 0.717) is 12.6 Å². The van der Waals surface area contributed by atoms with Gasteiger partial charge in [0.25, 0.3) is 0 Å². The summed E-state index contributed by atoms with van der Waals surface area (Å²) in [6.07, 6.45) is 2.86. The molecule has 0 aliphatic carbocycles. The number of likely N-dealkylation sites (N-methyl/N-ethyl adjacent to an activating group) is 1. The van der Waals surface area contributed by atoms with Gasteiger partial charge in [0.15, 0.2) is 0 Å². The molecule has 0 aromatic rings. The third-order valence-corrected chi connectivity index (χ3v) is 2.15. The molecule has 1 N–H and O–H groups in total. The standard InChI is InChI=1S/C8H17NO2/c1-7-3-4-8(11-7)9(2)5-6-10/h7-8,10H,3-6H2,1-2H3. The molecule has 2 atom stereocenters. The lowest BCUT2D eigenvalue weighted by Crippen LogP contribution is -2.33. The van der Waals surface area contributed by atoms with Crippen LogP contribution >= 0.6 is 0 Å². The van der Waals surface area contributed by atoms with E-state index in [4.69, 9.17) is 9.84 Å². The average molecular weight is 159 g/mol. The lowest BCUT2D eigenvalue weighted by atomic mass is 10.2. The molecule has 0 saturated carbocycles. The Labute approximate surface area is 68.0 Å². The van der Waals surface area contributed by atoms with Gasteiger partial charge in [-0.2, -0.15) is 0 Å². The van der Waals surface area contributed by atoms with Crippen LogP contribution in [0.15, 0.2) is 0 Å². The zero-order valence-electron chi connectivity index (χ0n) is 7.29. The molecule has 1 saturated heterocycles. The van der Waals surface area contributed by atoms with Crippen LogP contribution in [0.4, 0.5) is 0 Å². The average Bonchev–Trinajstić information content (AvgIpc) is 2.36. The Morgan fingerprint density at radius 3 is 2.73 bits per heavy atom. The molecule has 3 heteroatoms. The van der Waals surface area contributed by atoms with Crippen LogP contribution in [-0.4, -0.2) is 42.5 Å². The van der Waals surface area contributed by atoms with Crippen molar-refractivity contribution in [2.75, 3.05) is 20.2 Å². The van der Waals surface area contributed by atoms with Crippen molar-refractivity contribution >= 4 is 0 Å².